The lowest BCUT2D eigenvalue weighted by Gasteiger charge is -2.22. The van der Waals surface area contributed by atoms with E-state index in [1.165, 1.54) is 12.2 Å². The molecule has 3 rings (SSSR count). The maximum atomic E-state index is 14.3. The van der Waals surface area contributed by atoms with Crippen molar-refractivity contribution in [3.63, 3.8) is 0 Å². The van der Waals surface area contributed by atoms with Gasteiger partial charge in [0.1, 0.15) is 0 Å². The number of hydrogen-bond donors (Lipinski definition) is 2. The van der Waals surface area contributed by atoms with Crippen LogP contribution in [-0.2, 0) is 28.5 Å². The molecule has 3 aliphatic rings. The van der Waals surface area contributed by atoms with Gasteiger partial charge in [0.2, 0.25) is 0 Å². The Kier molecular flexibility index (Phi) is 16.5. The molecule has 0 aromatic heterocycles. The van der Waals surface area contributed by atoms with Crippen molar-refractivity contribution in [2.24, 2.45) is 0 Å². The van der Waals surface area contributed by atoms with Gasteiger partial charge in [-0.1, -0.05) is 12.8 Å². The van der Waals surface area contributed by atoms with Crippen LogP contribution >= 0.6 is 0 Å². The molecule has 2 amide bonds. The summed E-state index contributed by atoms with van der Waals surface area (Å²) < 4.78 is 50.9. The lowest BCUT2D eigenvalue weighted by Crippen LogP contribution is -2.37. The SMILES string of the molecule is O=C(N[C@@H]1CC[C@H](NC(=O)/C(F)=C\CCCCCOC2CCCCO2)C1)/C(F)=C/CCCCCOC1CCCCO1. The van der Waals surface area contributed by atoms with Gasteiger partial charge in [0.25, 0.3) is 11.8 Å². The first-order valence-corrected chi connectivity index (χ1v) is 15.8. The Hall–Kier alpha value is -1.88. The van der Waals surface area contributed by atoms with Gasteiger partial charge in [0.15, 0.2) is 24.2 Å². The van der Waals surface area contributed by atoms with Crippen LogP contribution in [0.2, 0.25) is 0 Å². The molecule has 2 N–H and O–H groups in total. The average Bonchev–Trinajstić information content (AvgIpc) is 3.43. The second-order valence-corrected chi connectivity index (χ2v) is 11.3. The molecule has 234 valence electrons. The van der Waals surface area contributed by atoms with Gasteiger partial charge in [-0.15, -0.1) is 0 Å². The van der Waals surface area contributed by atoms with E-state index in [-0.39, 0.29) is 24.7 Å². The first-order chi connectivity index (χ1) is 20.0. The van der Waals surface area contributed by atoms with Gasteiger partial charge in [-0.25, -0.2) is 8.78 Å². The Bertz CT molecular complexity index is 761. The number of amides is 2. The second kappa shape index (κ2) is 20.1. The summed E-state index contributed by atoms with van der Waals surface area (Å²) in [6, 6.07) is -0.501. The number of allylic oxidation sites excluding steroid dienone is 2. The Morgan fingerprint density at radius 1 is 0.659 bits per heavy atom. The van der Waals surface area contributed by atoms with Gasteiger partial charge >= 0.3 is 0 Å². The van der Waals surface area contributed by atoms with Crippen LogP contribution in [0.5, 0.6) is 0 Å². The fourth-order valence-electron chi connectivity index (χ4n) is 5.36. The minimum absolute atomic E-state index is 0.0863. The van der Waals surface area contributed by atoms with Crippen molar-refractivity contribution >= 4 is 11.8 Å². The molecule has 2 heterocycles. The lowest BCUT2D eigenvalue weighted by atomic mass is 10.1. The van der Waals surface area contributed by atoms with E-state index in [1.807, 2.05) is 0 Å². The fraction of sp³-hybridized carbons (Fsp3) is 0.806. The zero-order chi connectivity index (χ0) is 29.1. The number of nitrogens with one attached hydrogen (secondary N) is 2. The van der Waals surface area contributed by atoms with Crippen LogP contribution in [0.1, 0.15) is 109 Å². The van der Waals surface area contributed by atoms with Crippen LogP contribution in [0.25, 0.3) is 0 Å². The number of halogens is 2. The zero-order valence-electron chi connectivity index (χ0n) is 24.5. The van der Waals surface area contributed by atoms with Crippen LogP contribution in [0.15, 0.2) is 23.8 Å². The number of hydrogen-bond acceptors (Lipinski definition) is 6. The van der Waals surface area contributed by atoms with E-state index < -0.39 is 23.5 Å². The normalized spacial score (nSPS) is 25.7. The second-order valence-electron chi connectivity index (χ2n) is 11.3. The molecule has 0 bridgehead atoms. The summed E-state index contributed by atoms with van der Waals surface area (Å²) in [7, 11) is 0. The van der Waals surface area contributed by atoms with Gasteiger partial charge < -0.3 is 29.6 Å². The molecule has 3 fully saturated rings. The van der Waals surface area contributed by atoms with Crippen molar-refractivity contribution in [1.29, 1.82) is 0 Å². The molecule has 41 heavy (non-hydrogen) atoms. The highest BCUT2D eigenvalue weighted by Gasteiger charge is 2.28. The molecule has 2 unspecified atom stereocenters. The van der Waals surface area contributed by atoms with Crippen molar-refractivity contribution in [3.05, 3.63) is 23.8 Å². The summed E-state index contributed by atoms with van der Waals surface area (Å²) in [4.78, 5) is 24.4. The zero-order valence-corrected chi connectivity index (χ0v) is 24.5. The molecular weight excluding hydrogens is 534 g/mol. The molecule has 2 aliphatic heterocycles. The minimum atomic E-state index is -0.785. The van der Waals surface area contributed by atoms with Crippen LogP contribution in [-0.4, -0.2) is 62.9 Å². The van der Waals surface area contributed by atoms with Gasteiger partial charge in [0, 0.05) is 38.5 Å². The Morgan fingerprint density at radius 2 is 1.12 bits per heavy atom. The molecule has 1 saturated carbocycles. The summed E-state index contributed by atoms with van der Waals surface area (Å²) in [5.74, 6) is -3.04. The third-order valence-corrected chi connectivity index (χ3v) is 7.76. The first-order valence-electron chi connectivity index (χ1n) is 15.8. The Balaban J connectivity index is 1.19. The van der Waals surface area contributed by atoms with Gasteiger partial charge in [-0.2, -0.15) is 0 Å². The molecule has 2 saturated heterocycles. The summed E-state index contributed by atoms with van der Waals surface area (Å²) in [5.41, 5.74) is 0. The number of unbranched alkanes of at least 4 members (excludes halogenated alkanes) is 6. The lowest BCUT2D eigenvalue weighted by molar-refractivity contribution is -0.163. The minimum Gasteiger partial charge on any atom is -0.353 e. The molecule has 8 nitrogen and oxygen atoms in total. The van der Waals surface area contributed by atoms with Crippen LogP contribution in [0, 0.1) is 0 Å². The van der Waals surface area contributed by atoms with Crippen molar-refractivity contribution in [1.82, 2.24) is 10.6 Å². The van der Waals surface area contributed by atoms with Crippen LogP contribution in [0.4, 0.5) is 8.78 Å². The summed E-state index contributed by atoms with van der Waals surface area (Å²) in [6.45, 7) is 2.78. The van der Waals surface area contributed by atoms with Crippen molar-refractivity contribution in [2.75, 3.05) is 26.4 Å². The Labute approximate surface area is 243 Å². The average molecular weight is 585 g/mol. The molecular formula is C31H50F2N2O6. The number of carbonyl (C=O) groups is 2. The highest BCUT2D eigenvalue weighted by Crippen LogP contribution is 2.21. The number of carbonyl (C=O) groups excluding carboxylic acids is 2. The van der Waals surface area contributed by atoms with E-state index >= 15 is 0 Å². The third-order valence-electron chi connectivity index (χ3n) is 7.76. The smallest absolute Gasteiger partial charge is 0.279 e. The van der Waals surface area contributed by atoms with Crippen molar-refractivity contribution < 1.29 is 37.3 Å². The predicted octanol–water partition coefficient (Wildman–Crippen LogP) is 6.05. The highest BCUT2D eigenvalue weighted by atomic mass is 19.1. The first kappa shape index (κ1) is 33.6. The van der Waals surface area contributed by atoms with E-state index in [4.69, 9.17) is 18.9 Å². The number of rotatable bonds is 18. The van der Waals surface area contributed by atoms with Gasteiger partial charge in [-0.05, 0) is 108 Å². The predicted molar refractivity (Wildman–Crippen MR) is 152 cm³/mol. The summed E-state index contributed by atoms with van der Waals surface area (Å²) in [6.07, 6.45) is 16.5. The van der Waals surface area contributed by atoms with Crippen LogP contribution in [0.3, 0.4) is 0 Å². The van der Waals surface area contributed by atoms with E-state index in [2.05, 4.69) is 10.6 Å². The molecule has 0 aromatic carbocycles. The van der Waals surface area contributed by atoms with Crippen molar-refractivity contribution in [2.45, 2.75) is 134 Å². The molecule has 10 heteroatoms. The standard InChI is InChI=1S/C31H50F2N2O6/c32-26(13-5-1-3-9-19-38-28-15-7-11-21-40-28)30(36)34-24-17-18-25(23-24)35-31(37)27(33)14-6-2-4-10-20-39-29-16-8-12-22-41-29/h13-14,24-25,28-29H,1-12,15-23H2,(H,34,36)(H,35,37)/b26-13-,27-14+/t24-,25+,28?,29?/m1/s1. The number of ether oxygens (including phenoxy) is 4. The molecule has 0 aromatic rings. The third kappa shape index (κ3) is 14.2. The van der Waals surface area contributed by atoms with Gasteiger partial charge in [0.05, 0.1) is 0 Å². The van der Waals surface area contributed by atoms with Crippen LogP contribution < -0.4 is 10.6 Å². The fourth-order valence-corrected chi connectivity index (χ4v) is 5.36. The van der Waals surface area contributed by atoms with E-state index in [0.717, 1.165) is 90.3 Å². The van der Waals surface area contributed by atoms with E-state index in [0.29, 0.717) is 45.3 Å². The summed E-state index contributed by atoms with van der Waals surface area (Å²) >= 11 is 0. The quantitative estimate of drug-likeness (QED) is 0.150. The molecule has 1 aliphatic carbocycles. The summed E-state index contributed by atoms with van der Waals surface area (Å²) in [5, 5.41) is 5.39. The van der Waals surface area contributed by atoms with Gasteiger partial charge in [-0.3, -0.25) is 9.59 Å². The Morgan fingerprint density at radius 3 is 1.54 bits per heavy atom. The van der Waals surface area contributed by atoms with Crippen molar-refractivity contribution in [3.8, 4) is 0 Å². The molecule has 4 atom stereocenters. The maximum absolute atomic E-state index is 14.3. The molecule has 0 spiro atoms. The largest absolute Gasteiger partial charge is 0.353 e. The monoisotopic (exact) mass is 584 g/mol. The maximum Gasteiger partial charge on any atom is 0.279 e. The van der Waals surface area contributed by atoms with E-state index in [1.54, 1.807) is 0 Å². The highest BCUT2D eigenvalue weighted by molar-refractivity contribution is 5.92. The molecule has 0 radical (unpaired) electrons. The van der Waals surface area contributed by atoms with E-state index in [9.17, 15) is 18.4 Å². The topological polar surface area (TPSA) is 95.1 Å².